The summed E-state index contributed by atoms with van der Waals surface area (Å²) in [6, 6.07) is -1.18. The second-order valence-electron chi connectivity index (χ2n) is 8.90. The number of ether oxygens (including phenoxy) is 3. The summed E-state index contributed by atoms with van der Waals surface area (Å²) >= 11 is 0. The molecule has 3 heterocycles. The number of hydrogen-bond donors (Lipinski definition) is 2. The first kappa shape index (κ1) is 32.0. The second-order valence-corrected chi connectivity index (χ2v) is 11.0. The van der Waals surface area contributed by atoms with Crippen molar-refractivity contribution in [3.05, 3.63) is 12.7 Å². The third-order valence-electron chi connectivity index (χ3n) is 5.79. The number of anilines is 1. The van der Waals surface area contributed by atoms with Gasteiger partial charge in [-0.25, -0.2) is 20.0 Å². The van der Waals surface area contributed by atoms with Gasteiger partial charge in [-0.1, -0.05) is 39.5 Å². The Morgan fingerprint density at radius 2 is 1.87 bits per heavy atom. The van der Waals surface area contributed by atoms with Crippen LogP contribution in [0.5, 0.6) is 0 Å². The van der Waals surface area contributed by atoms with E-state index >= 15 is 0 Å². The standard InChI is InChI=1S/C23H37N6O7P.H2S/c1-3-5-7-9-33-19(30)11-18(23(31)34-10-8-6-4-2)28-37(32)16-35-17(13-36-37)12-29-15-27-20-21(24)25-14-26-22(20)29;/h14-15,17-18H,3-13,16H2,1-2H3,(H,28,32)(H2,24,25,26);1H2/t17-,18-,37?;/m0./s1. The summed E-state index contributed by atoms with van der Waals surface area (Å²) in [5.74, 6) is -0.978. The van der Waals surface area contributed by atoms with Crippen LogP contribution in [0.15, 0.2) is 12.7 Å². The van der Waals surface area contributed by atoms with Gasteiger partial charge in [-0.05, 0) is 12.8 Å². The quantitative estimate of drug-likeness (QED) is 0.181. The van der Waals surface area contributed by atoms with E-state index in [-0.39, 0.29) is 51.9 Å². The molecule has 0 saturated carbocycles. The van der Waals surface area contributed by atoms with E-state index in [0.717, 1.165) is 32.1 Å². The number of nitrogens with one attached hydrogen (secondary N) is 1. The number of carbonyl (C=O) groups excluding carboxylic acids is 2. The Labute approximate surface area is 229 Å². The van der Waals surface area contributed by atoms with Crippen LogP contribution >= 0.6 is 21.0 Å². The average molecular weight is 575 g/mol. The normalized spacial score (nSPS) is 20.0. The molecular formula is C23H39N6O7PS. The maximum absolute atomic E-state index is 13.3. The molecule has 3 atom stereocenters. The van der Waals surface area contributed by atoms with Gasteiger partial charge < -0.3 is 29.0 Å². The molecule has 38 heavy (non-hydrogen) atoms. The fraction of sp³-hybridized carbons (Fsp3) is 0.696. The summed E-state index contributed by atoms with van der Waals surface area (Å²) in [5.41, 5.74) is 6.86. The predicted octanol–water partition coefficient (Wildman–Crippen LogP) is 2.90. The highest BCUT2D eigenvalue weighted by Gasteiger charge is 2.38. The number of esters is 2. The first-order valence-electron chi connectivity index (χ1n) is 12.7. The van der Waals surface area contributed by atoms with E-state index in [4.69, 9.17) is 24.5 Å². The zero-order chi connectivity index (χ0) is 26.7. The van der Waals surface area contributed by atoms with Gasteiger partial charge in [-0.3, -0.25) is 14.2 Å². The summed E-state index contributed by atoms with van der Waals surface area (Å²) in [4.78, 5) is 37.4. The molecular weight excluding hydrogens is 535 g/mol. The SMILES string of the molecule is CCCCCOC(=O)C[C@H](NP1(=O)CO[C@@H](Cn2cnc3c(N)ncnc32)CO1)C(=O)OCCCCC.S. The molecule has 2 aromatic heterocycles. The van der Waals surface area contributed by atoms with Crippen molar-refractivity contribution in [1.29, 1.82) is 0 Å². The lowest BCUT2D eigenvalue weighted by Crippen LogP contribution is -2.42. The zero-order valence-electron chi connectivity index (χ0n) is 22.0. The van der Waals surface area contributed by atoms with Crippen LogP contribution in [0.25, 0.3) is 11.2 Å². The molecule has 214 valence electrons. The molecule has 0 amide bonds. The second kappa shape index (κ2) is 16.0. The highest BCUT2D eigenvalue weighted by Crippen LogP contribution is 2.46. The molecule has 0 bridgehead atoms. The lowest BCUT2D eigenvalue weighted by molar-refractivity contribution is -0.152. The number of unbranched alkanes of at least 4 members (excludes halogenated alkanes) is 4. The highest BCUT2D eigenvalue weighted by molar-refractivity contribution is 7.59. The summed E-state index contributed by atoms with van der Waals surface area (Å²) in [7, 11) is -3.60. The first-order chi connectivity index (χ1) is 17.8. The summed E-state index contributed by atoms with van der Waals surface area (Å²) in [6.07, 6.45) is 7.12. The molecule has 13 nitrogen and oxygen atoms in total. The molecule has 2 aromatic rings. The minimum atomic E-state index is -3.60. The molecule has 3 N–H and O–H groups in total. The average Bonchev–Trinajstić information content (AvgIpc) is 3.29. The van der Waals surface area contributed by atoms with Gasteiger partial charge in [0.25, 0.3) is 7.52 Å². The number of rotatable bonds is 15. The maximum Gasteiger partial charge on any atom is 0.324 e. The Morgan fingerprint density at radius 3 is 2.53 bits per heavy atom. The van der Waals surface area contributed by atoms with Crippen LogP contribution in [0.4, 0.5) is 5.82 Å². The van der Waals surface area contributed by atoms with E-state index in [1.165, 1.54) is 6.33 Å². The van der Waals surface area contributed by atoms with Crippen LogP contribution in [0, 0.1) is 0 Å². The van der Waals surface area contributed by atoms with Crippen LogP contribution in [-0.2, 0) is 39.4 Å². The number of nitrogen functional groups attached to an aromatic ring is 1. The van der Waals surface area contributed by atoms with Crippen LogP contribution in [-0.4, -0.2) is 69.8 Å². The van der Waals surface area contributed by atoms with Gasteiger partial charge in [0.1, 0.15) is 30.3 Å². The monoisotopic (exact) mass is 574 g/mol. The van der Waals surface area contributed by atoms with Gasteiger partial charge in [0.2, 0.25) is 0 Å². The van der Waals surface area contributed by atoms with Crippen molar-refractivity contribution in [3.8, 4) is 0 Å². The van der Waals surface area contributed by atoms with Crippen molar-refractivity contribution >= 4 is 49.9 Å². The van der Waals surface area contributed by atoms with E-state index < -0.39 is 31.6 Å². The molecule has 1 aliphatic rings. The van der Waals surface area contributed by atoms with Crippen molar-refractivity contribution in [2.24, 2.45) is 0 Å². The fourth-order valence-electron chi connectivity index (χ4n) is 3.73. The van der Waals surface area contributed by atoms with Crippen LogP contribution < -0.4 is 10.8 Å². The van der Waals surface area contributed by atoms with Crippen molar-refractivity contribution in [3.63, 3.8) is 0 Å². The Kier molecular flexibility index (Phi) is 13.5. The molecule has 1 saturated heterocycles. The Hall–Kier alpha value is -2.25. The number of aromatic nitrogens is 4. The fourth-order valence-corrected chi connectivity index (χ4v) is 5.44. The lowest BCUT2D eigenvalue weighted by atomic mass is 10.2. The Balaban J connectivity index is 0.00000507. The van der Waals surface area contributed by atoms with E-state index in [0.29, 0.717) is 24.1 Å². The van der Waals surface area contributed by atoms with Crippen molar-refractivity contribution in [1.82, 2.24) is 24.6 Å². The lowest BCUT2D eigenvalue weighted by Gasteiger charge is -2.31. The maximum atomic E-state index is 13.3. The van der Waals surface area contributed by atoms with Gasteiger partial charge in [-0.15, -0.1) is 0 Å². The van der Waals surface area contributed by atoms with Crippen molar-refractivity contribution in [2.45, 2.75) is 77.5 Å². The smallest absolute Gasteiger partial charge is 0.324 e. The number of nitrogens with zero attached hydrogens (tertiary/aromatic N) is 4. The molecule has 3 rings (SSSR count). The molecule has 1 unspecified atom stereocenters. The third-order valence-corrected chi connectivity index (χ3v) is 7.55. The van der Waals surface area contributed by atoms with Crippen LogP contribution in [0.1, 0.15) is 58.8 Å². The minimum absolute atomic E-state index is 0. The Morgan fingerprint density at radius 1 is 1.16 bits per heavy atom. The molecule has 15 heteroatoms. The molecule has 0 aromatic carbocycles. The Bertz CT molecular complexity index is 1080. The first-order valence-corrected chi connectivity index (χ1v) is 14.5. The van der Waals surface area contributed by atoms with Crippen LogP contribution in [0.2, 0.25) is 0 Å². The topological polar surface area (TPSA) is 170 Å². The number of imidazole rings is 1. The van der Waals surface area contributed by atoms with Crippen molar-refractivity contribution < 1.29 is 32.9 Å². The van der Waals surface area contributed by atoms with E-state index in [1.54, 1.807) is 10.9 Å². The molecule has 1 fully saturated rings. The molecule has 0 spiro atoms. The van der Waals surface area contributed by atoms with E-state index in [2.05, 4.69) is 20.0 Å². The van der Waals surface area contributed by atoms with Gasteiger partial charge in [0, 0.05) is 0 Å². The minimum Gasteiger partial charge on any atom is -0.466 e. The number of fused-ring (bicyclic) bond motifs is 1. The van der Waals surface area contributed by atoms with Crippen molar-refractivity contribution in [2.75, 3.05) is 31.9 Å². The zero-order valence-corrected chi connectivity index (χ0v) is 23.9. The summed E-state index contributed by atoms with van der Waals surface area (Å²) in [5, 5.41) is 2.70. The molecule has 1 aliphatic heterocycles. The summed E-state index contributed by atoms with van der Waals surface area (Å²) < 4.78 is 37.1. The number of carbonyl (C=O) groups is 2. The van der Waals surface area contributed by atoms with Gasteiger partial charge in [0.15, 0.2) is 11.5 Å². The van der Waals surface area contributed by atoms with Gasteiger partial charge in [0.05, 0.1) is 39.1 Å². The largest absolute Gasteiger partial charge is 0.466 e. The number of hydrogen-bond acceptors (Lipinski definition) is 11. The van der Waals surface area contributed by atoms with E-state index in [1.807, 2.05) is 13.8 Å². The van der Waals surface area contributed by atoms with Gasteiger partial charge >= 0.3 is 11.9 Å². The third kappa shape index (κ3) is 9.49. The number of nitrogens with two attached hydrogens (primary N) is 1. The summed E-state index contributed by atoms with van der Waals surface area (Å²) in [6.45, 7) is 4.89. The predicted molar refractivity (Wildman–Crippen MR) is 146 cm³/mol. The van der Waals surface area contributed by atoms with Crippen LogP contribution in [0.3, 0.4) is 0 Å². The highest BCUT2D eigenvalue weighted by atomic mass is 32.1. The van der Waals surface area contributed by atoms with E-state index in [9.17, 15) is 14.2 Å². The molecule has 0 radical (unpaired) electrons. The molecule has 0 aliphatic carbocycles. The van der Waals surface area contributed by atoms with Gasteiger partial charge in [-0.2, -0.15) is 13.5 Å².